The molecular formula is C14H19F3N2O. The topological polar surface area (TPSA) is 38.5 Å². The number of hydrogen-bond acceptors (Lipinski definition) is 3. The molecule has 2 unspecified atom stereocenters. The van der Waals surface area contributed by atoms with E-state index in [0.717, 1.165) is 18.7 Å². The number of benzene rings is 1. The number of nitrogens with two attached hydrogens (primary N) is 1. The SMILES string of the molecule is Cc1cc(C(F)(F)F)ccc1C(N)C1CN(C)CCO1. The highest BCUT2D eigenvalue weighted by Gasteiger charge is 2.32. The first-order valence-corrected chi connectivity index (χ1v) is 6.52. The molecule has 1 aromatic carbocycles. The van der Waals surface area contributed by atoms with Gasteiger partial charge in [-0.25, -0.2) is 0 Å². The number of likely N-dealkylation sites (N-methyl/N-ethyl adjacent to an activating group) is 1. The minimum absolute atomic E-state index is 0.191. The van der Waals surface area contributed by atoms with Gasteiger partial charge in [-0.2, -0.15) is 13.2 Å². The van der Waals surface area contributed by atoms with Gasteiger partial charge in [0.2, 0.25) is 0 Å². The largest absolute Gasteiger partial charge is 0.416 e. The second-order valence-electron chi connectivity index (χ2n) is 5.27. The highest BCUT2D eigenvalue weighted by atomic mass is 19.4. The maximum atomic E-state index is 12.6. The summed E-state index contributed by atoms with van der Waals surface area (Å²) in [5.41, 5.74) is 6.77. The Morgan fingerprint density at radius 2 is 2.10 bits per heavy atom. The number of halogens is 3. The fraction of sp³-hybridized carbons (Fsp3) is 0.571. The van der Waals surface area contributed by atoms with Gasteiger partial charge in [-0.3, -0.25) is 0 Å². The molecule has 2 rings (SSSR count). The third-order valence-electron chi connectivity index (χ3n) is 3.65. The fourth-order valence-corrected chi connectivity index (χ4v) is 2.45. The Morgan fingerprint density at radius 3 is 2.65 bits per heavy atom. The van der Waals surface area contributed by atoms with Crippen LogP contribution in [0.5, 0.6) is 0 Å². The molecule has 2 N–H and O–H groups in total. The van der Waals surface area contributed by atoms with Crippen LogP contribution < -0.4 is 5.73 Å². The normalized spacial score (nSPS) is 22.8. The Hall–Kier alpha value is -1.11. The van der Waals surface area contributed by atoms with E-state index in [-0.39, 0.29) is 6.10 Å². The van der Waals surface area contributed by atoms with Crippen LogP contribution in [-0.4, -0.2) is 37.7 Å². The van der Waals surface area contributed by atoms with Gasteiger partial charge >= 0.3 is 6.18 Å². The van der Waals surface area contributed by atoms with Crippen molar-refractivity contribution in [2.75, 3.05) is 26.7 Å². The van der Waals surface area contributed by atoms with E-state index in [1.807, 2.05) is 7.05 Å². The monoisotopic (exact) mass is 288 g/mol. The standard InChI is InChI=1S/C14H19F3N2O/c1-9-7-10(14(15,16)17)3-4-11(9)13(18)12-8-19(2)5-6-20-12/h3-4,7,12-13H,5-6,8,18H2,1-2H3. The maximum absolute atomic E-state index is 12.6. The van der Waals surface area contributed by atoms with E-state index >= 15 is 0 Å². The molecule has 3 nitrogen and oxygen atoms in total. The summed E-state index contributed by atoms with van der Waals surface area (Å²) in [7, 11) is 1.97. The van der Waals surface area contributed by atoms with E-state index in [1.165, 1.54) is 6.07 Å². The van der Waals surface area contributed by atoms with Crippen molar-refractivity contribution in [3.63, 3.8) is 0 Å². The highest BCUT2D eigenvalue weighted by molar-refractivity contribution is 5.35. The summed E-state index contributed by atoms with van der Waals surface area (Å²) in [5.74, 6) is 0. The lowest BCUT2D eigenvalue weighted by atomic mass is 9.95. The molecule has 2 atom stereocenters. The highest BCUT2D eigenvalue weighted by Crippen LogP contribution is 2.32. The van der Waals surface area contributed by atoms with Gasteiger partial charge in [-0.05, 0) is 37.2 Å². The van der Waals surface area contributed by atoms with E-state index in [0.29, 0.717) is 24.3 Å². The molecule has 1 aliphatic rings. The molecule has 1 saturated heterocycles. The summed E-state index contributed by atoms with van der Waals surface area (Å²) >= 11 is 0. The lowest BCUT2D eigenvalue weighted by Gasteiger charge is -2.34. The summed E-state index contributed by atoms with van der Waals surface area (Å²) in [6.07, 6.45) is -4.52. The van der Waals surface area contributed by atoms with Gasteiger partial charge < -0.3 is 15.4 Å². The molecule has 112 valence electrons. The van der Waals surface area contributed by atoms with Crippen LogP contribution in [0.4, 0.5) is 13.2 Å². The molecule has 0 amide bonds. The molecule has 0 radical (unpaired) electrons. The van der Waals surface area contributed by atoms with Crippen molar-refractivity contribution in [2.45, 2.75) is 25.2 Å². The summed E-state index contributed by atoms with van der Waals surface area (Å²) < 4.78 is 43.6. The first-order chi connectivity index (χ1) is 9.29. The van der Waals surface area contributed by atoms with Gasteiger partial charge in [-0.1, -0.05) is 6.07 Å². The third-order valence-corrected chi connectivity index (χ3v) is 3.65. The minimum atomic E-state index is -4.32. The van der Waals surface area contributed by atoms with E-state index in [4.69, 9.17) is 10.5 Å². The molecular weight excluding hydrogens is 269 g/mol. The summed E-state index contributed by atoms with van der Waals surface area (Å²) in [4.78, 5) is 2.10. The molecule has 0 saturated carbocycles. The predicted octanol–water partition coefficient (Wildman–Crippen LogP) is 2.34. The smallest absolute Gasteiger partial charge is 0.374 e. The number of hydrogen-bond donors (Lipinski definition) is 1. The first-order valence-electron chi connectivity index (χ1n) is 6.52. The van der Waals surface area contributed by atoms with Gasteiger partial charge in [-0.15, -0.1) is 0 Å². The van der Waals surface area contributed by atoms with E-state index in [1.54, 1.807) is 6.92 Å². The van der Waals surface area contributed by atoms with E-state index < -0.39 is 17.8 Å². The lowest BCUT2D eigenvalue weighted by Crippen LogP contribution is -2.45. The van der Waals surface area contributed by atoms with Crippen molar-refractivity contribution < 1.29 is 17.9 Å². The lowest BCUT2D eigenvalue weighted by molar-refractivity contribution is -0.137. The molecule has 1 fully saturated rings. The van der Waals surface area contributed by atoms with Gasteiger partial charge in [0.25, 0.3) is 0 Å². The van der Waals surface area contributed by atoms with Gasteiger partial charge in [0.05, 0.1) is 24.3 Å². The van der Waals surface area contributed by atoms with Crippen molar-refractivity contribution in [2.24, 2.45) is 5.73 Å². The van der Waals surface area contributed by atoms with Crippen LogP contribution in [0.25, 0.3) is 0 Å². The van der Waals surface area contributed by atoms with Crippen LogP contribution >= 0.6 is 0 Å². The second kappa shape index (κ2) is 5.71. The maximum Gasteiger partial charge on any atom is 0.416 e. The second-order valence-corrected chi connectivity index (χ2v) is 5.27. The zero-order chi connectivity index (χ0) is 14.9. The Morgan fingerprint density at radius 1 is 1.40 bits per heavy atom. The molecule has 0 bridgehead atoms. The van der Waals surface area contributed by atoms with Crippen LogP contribution in [0.2, 0.25) is 0 Å². The summed E-state index contributed by atoms with van der Waals surface area (Å²) in [6.45, 7) is 3.77. The zero-order valence-electron chi connectivity index (χ0n) is 11.6. The van der Waals surface area contributed by atoms with Crippen LogP contribution in [0.3, 0.4) is 0 Å². The quantitative estimate of drug-likeness (QED) is 0.908. The Balaban J connectivity index is 2.20. The number of alkyl halides is 3. The number of aryl methyl sites for hydroxylation is 1. The number of nitrogens with zero attached hydrogens (tertiary/aromatic N) is 1. The fourth-order valence-electron chi connectivity index (χ4n) is 2.45. The predicted molar refractivity (Wildman–Crippen MR) is 70.3 cm³/mol. The number of rotatable bonds is 2. The Labute approximate surface area is 116 Å². The summed E-state index contributed by atoms with van der Waals surface area (Å²) in [6, 6.07) is 3.26. The van der Waals surface area contributed by atoms with Crippen LogP contribution in [-0.2, 0) is 10.9 Å². The molecule has 0 spiro atoms. The minimum Gasteiger partial charge on any atom is -0.374 e. The number of morpholine rings is 1. The molecule has 0 aliphatic carbocycles. The van der Waals surface area contributed by atoms with E-state index in [9.17, 15) is 13.2 Å². The molecule has 1 aliphatic heterocycles. The van der Waals surface area contributed by atoms with Crippen molar-refractivity contribution in [3.8, 4) is 0 Å². The molecule has 1 heterocycles. The van der Waals surface area contributed by atoms with Crippen LogP contribution in [0.1, 0.15) is 22.7 Å². The molecule has 0 aromatic heterocycles. The van der Waals surface area contributed by atoms with Crippen molar-refractivity contribution in [1.82, 2.24) is 4.90 Å². The summed E-state index contributed by atoms with van der Waals surface area (Å²) in [5, 5.41) is 0. The van der Waals surface area contributed by atoms with Gasteiger partial charge in [0, 0.05) is 13.1 Å². The zero-order valence-corrected chi connectivity index (χ0v) is 11.6. The van der Waals surface area contributed by atoms with Gasteiger partial charge in [0.15, 0.2) is 0 Å². The van der Waals surface area contributed by atoms with Crippen LogP contribution in [0.15, 0.2) is 18.2 Å². The third kappa shape index (κ3) is 3.31. The van der Waals surface area contributed by atoms with Gasteiger partial charge in [0.1, 0.15) is 0 Å². The average Bonchev–Trinajstić information content (AvgIpc) is 2.36. The average molecular weight is 288 g/mol. The van der Waals surface area contributed by atoms with Crippen molar-refractivity contribution >= 4 is 0 Å². The molecule has 6 heteroatoms. The number of ether oxygens (including phenoxy) is 1. The van der Waals surface area contributed by atoms with Crippen molar-refractivity contribution in [1.29, 1.82) is 0 Å². The first kappa shape index (κ1) is 15.3. The Bertz CT molecular complexity index is 476. The van der Waals surface area contributed by atoms with Crippen LogP contribution in [0, 0.1) is 6.92 Å². The Kier molecular flexibility index (Phi) is 4.36. The van der Waals surface area contributed by atoms with Crippen molar-refractivity contribution in [3.05, 3.63) is 34.9 Å². The molecule has 1 aromatic rings. The van der Waals surface area contributed by atoms with E-state index in [2.05, 4.69) is 4.90 Å². The molecule has 20 heavy (non-hydrogen) atoms.